The summed E-state index contributed by atoms with van der Waals surface area (Å²) in [5.74, 6) is -0.0461. The van der Waals surface area contributed by atoms with E-state index in [0.717, 1.165) is 0 Å². The Labute approximate surface area is 209 Å². The summed E-state index contributed by atoms with van der Waals surface area (Å²) in [5, 5.41) is 43.9. The first-order valence-electron chi connectivity index (χ1n) is 11.3. The highest BCUT2D eigenvalue weighted by Crippen LogP contribution is 2.26. The zero-order chi connectivity index (χ0) is 26.5. The van der Waals surface area contributed by atoms with Crippen LogP contribution in [0.2, 0.25) is 0 Å². The molecule has 12 heteroatoms. The molecule has 0 saturated heterocycles. The summed E-state index contributed by atoms with van der Waals surface area (Å²) in [5.41, 5.74) is 6.98. The Morgan fingerprint density at radius 1 is 1.11 bits per heavy atom. The van der Waals surface area contributed by atoms with Gasteiger partial charge in [-0.3, -0.25) is 20.8 Å². The smallest absolute Gasteiger partial charge is 0.319 e. The number of rotatable bonds is 16. The van der Waals surface area contributed by atoms with E-state index in [1.165, 1.54) is 12.1 Å². The van der Waals surface area contributed by atoms with Crippen LogP contribution < -0.4 is 25.8 Å². The van der Waals surface area contributed by atoms with Crippen LogP contribution in [-0.4, -0.2) is 73.4 Å². The Kier molecular flexibility index (Phi) is 11.9. The lowest BCUT2D eigenvalue weighted by molar-refractivity contribution is -0.142. The molecule has 0 aromatic heterocycles. The second-order valence-corrected chi connectivity index (χ2v) is 7.63. The van der Waals surface area contributed by atoms with E-state index < -0.39 is 18.4 Å². The van der Waals surface area contributed by atoms with Crippen molar-refractivity contribution in [1.82, 2.24) is 10.6 Å². The van der Waals surface area contributed by atoms with Crippen molar-refractivity contribution in [3.63, 3.8) is 0 Å². The molecule has 0 saturated carbocycles. The molecule has 2 atom stereocenters. The minimum Gasteiger partial charge on any atom is -0.508 e. The minimum atomic E-state index is -1.16. The number of phenolic OH excluding ortho intramolecular Hbond substituents is 1. The van der Waals surface area contributed by atoms with E-state index in [2.05, 4.69) is 10.6 Å². The predicted octanol–water partition coefficient (Wildman–Crippen LogP) is 0.332. The second kappa shape index (κ2) is 14.9. The normalized spacial score (nSPS) is 12.6. The molecule has 0 radical (unpaired) electrons. The molecule has 2 unspecified atom stereocenters. The van der Waals surface area contributed by atoms with E-state index >= 15 is 0 Å². The van der Waals surface area contributed by atoms with E-state index in [1.54, 1.807) is 38.3 Å². The summed E-state index contributed by atoms with van der Waals surface area (Å²) in [6, 6.07) is 9.27. The molecule has 36 heavy (non-hydrogen) atoms. The first-order valence-corrected chi connectivity index (χ1v) is 11.3. The molecule has 0 amide bonds. The van der Waals surface area contributed by atoms with Gasteiger partial charge >= 0.3 is 5.97 Å². The highest BCUT2D eigenvalue weighted by Gasteiger charge is 2.15. The van der Waals surface area contributed by atoms with Crippen LogP contribution in [-0.2, 0) is 20.8 Å². The summed E-state index contributed by atoms with van der Waals surface area (Å²) in [4.78, 5) is 11.4. The Bertz CT molecular complexity index is 1000. The number of benzene rings is 2. The standard InChI is InChI=1S/C24H34N4O8/c1-3-34-22(31)13-27-21(30)14-36-20-10-15(23(25)26)4-5-16(20)12-28-24(32)17-8-18(29)11-19(9-17)35-7-6-33-2/h4-5,8-11,21,24,27-30,32H,3,6-7,12-14H2,1-2H3,(H3,25,26). The molecule has 198 valence electrons. The fourth-order valence-corrected chi connectivity index (χ4v) is 3.06. The summed E-state index contributed by atoms with van der Waals surface area (Å²) in [6.45, 7) is 2.32. The molecule has 0 aliphatic heterocycles. The van der Waals surface area contributed by atoms with Gasteiger partial charge in [-0.15, -0.1) is 0 Å². The first-order chi connectivity index (χ1) is 17.2. The molecule has 2 aromatic rings. The largest absolute Gasteiger partial charge is 0.508 e. The molecule has 0 spiro atoms. The van der Waals surface area contributed by atoms with Gasteiger partial charge in [0.1, 0.15) is 48.8 Å². The predicted molar refractivity (Wildman–Crippen MR) is 131 cm³/mol. The van der Waals surface area contributed by atoms with Gasteiger partial charge in [0.2, 0.25) is 0 Å². The highest BCUT2D eigenvalue weighted by molar-refractivity contribution is 5.95. The third kappa shape index (κ3) is 9.68. The van der Waals surface area contributed by atoms with Crippen LogP contribution in [0.5, 0.6) is 17.2 Å². The number of nitrogens with two attached hydrogens (primary N) is 1. The minimum absolute atomic E-state index is 0.0695. The van der Waals surface area contributed by atoms with Gasteiger partial charge in [0, 0.05) is 36.4 Å². The maximum atomic E-state index is 11.4. The number of ether oxygens (including phenoxy) is 4. The molecule has 2 aromatic carbocycles. The van der Waals surface area contributed by atoms with Gasteiger partial charge in [0.15, 0.2) is 0 Å². The lowest BCUT2D eigenvalue weighted by Gasteiger charge is -2.19. The fraction of sp³-hybridized carbons (Fsp3) is 0.417. The van der Waals surface area contributed by atoms with E-state index in [1.807, 2.05) is 0 Å². The number of carbonyl (C=O) groups is 1. The molecule has 0 heterocycles. The van der Waals surface area contributed by atoms with Crippen LogP contribution in [0.1, 0.15) is 29.8 Å². The molecule has 0 aliphatic rings. The number of nitrogen functional groups attached to an aromatic ring is 1. The topological polar surface area (TPSA) is 189 Å². The first kappa shape index (κ1) is 28.8. The van der Waals surface area contributed by atoms with E-state index in [-0.39, 0.29) is 44.5 Å². The molecule has 0 bridgehead atoms. The number of carbonyl (C=O) groups excluding carboxylic acids is 1. The zero-order valence-corrected chi connectivity index (χ0v) is 20.3. The lowest BCUT2D eigenvalue weighted by atomic mass is 10.1. The number of hydrogen-bond donors (Lipinski definition) is 7. The third-order valence-electron chi connectivity index (χ3n) is 4.83. The SMILES string of the molecule is CCOC(=O)CNC(O)COc1cc(C(=N)N)ccc1CNC(O)c1cc(O)cc(OCCOC)c1. The number of methoxy groups -OCH3 is 1. The Morgan fingerprint density at radius 3 is 2.58 bits per heavy atom. The van der Waals surface area contributed by atoms with Crippen LogP contribution >= 0.6 is 0 Å². The van der Waals surface area contributed by atoms with Crippen LogP contribution in [0.15, 0.2) is 36.4 Å². The number of aliphatic hydroxyl groups is 2. The number of hydrogen-bond acceptors (Lipinski definition) is 11. The lowest BCUT2D eigenvalue weighted by Crippen LogP contribution is -2.38. The fourth-order valence-electron chi connectivity index (χ4n) is 3.06. The van der Waals surface area contributed by atoms with Crippen molar-refractivity contribution in [2.24, 2.45) is 5.73 Å². The Morgan fingerprint density at radius 2 is 1.89 bits per heavy atom. The van der Waals surface area contributed by atoms with Crippen molar-refractivity contribution in [1.29, 1.82) is 5.41 Å². The number of nitrogens with one attached hydrogen (secondary N) is 3. The second-order valence-electron chi connectivity index (χ2n) is 7.63. The van der Waals surface area contributed by atoms with Crippen molar-refractivity contribution >= 4 is 11.8 Å². The molecular weight excluding hydrogens is 472 g/mol. The Hall–Kier alpha value is -3.42. The Balaban J connectivity index is 2.05. The van der Waals surface area contributed by atoms with Gasteiger partial charge in [-0.25, -0.2) is 0 Å². The summed E-state index contributed by atoms with van der Waals surface area (Å²) < 4.78 is 20.9. The number of aromatic hydroxyl groups is 1. The molecule has 0 fully saturated rings. The summed E-state index contributed by atoms with van der Waals surface area (Å²) in [7, 11) is 1.55. The van der Waals surface area contributed by atoms with Crippen LogP contribution in [0, 0.1) is 5.41 Å². The number of amidine groups is 1. The van der Waals surface area contributed by atoms with E-state index in [9.17, 15) is 20.1 Å². The van der Waals surface area contributed by atoms with Gasteiger partial charge in [0.25, 0.3) is 0 Å². The summed E-state index contributed by atoms with van der Waals surface area (Å²) >= 11 is 0. The molecule has 0 aliphatic carbocycles. The van der Waals surface area contributed by atoms with E-state index in [0.29, 0.717) is 34.8 Å². The van der Waals surface area contributed by atoms with Gasteiger partial charge < -0.3 is 40.0 Å². The number of phenols is 1. The average molecular weight is 507 g/mol. The van der Waals surface area contributed by atoms with E-state index in [4.69, 9.17) is 30.1 Å². The van der Waals surface area contributed by atoms with Crippen molar-refractivity contribution < 1.29 is 39.1 Å². The van der Waals surface area contributed by atoms with Gasteiger partial charge in [-0.05, 0) is 25.1 Å². The molecule has 2 rings (SSSR count). The number of esters is 1. The van der Waals surface area contributed by atoms with Crippen molar-refractivity contribution in [3.8, 4) is 17.2 Å². The van der Waals surface area contributed by atoms with Crippen molar-refractivity contribution in [2.45, 2.75) is 25.9 Å². The molecular formula is C24H34N4O8. The average Bonchev–Trinajstić information content (AvgIpc) is 2.84. The quantitative estimate of drug-likeness (QED) is 0.0546. The van der Waals surface area contributed by atoms with Crippen molar-refractivity contribution in [2.75, 3.05) is 40.1 Å². The maximum absolute atomic E-state index is 11.4. The van der Waals surface area contributed by atoms with Crippen molar-refractivity contribution in [3.05, 3.63) is 53.1 Å². The van der Waals surface area contributed by atoms with Crippen LogP contribution in [0.3, 0.4) is 0 Å². The van der Waals surface area contributed by atoms with Gasteiger partial charge in [-0.2, -0.15) is 0 Å². The summed E-state index contributed by atoms with van der Waals surface area (Å²) in [6.07, 6.45) is -2.32. The third-order valence-corrected chi connectivity index (χ3v) is 4.83. The van der Waals surface area contributed by atoms with Crippen LogP contribution in [0.4, 0.5) is 0 Å². The highest BCUT2D eigenvalue weighted by atomic mass is 16.5. The molecule has 8 N–H and O–H groups in total. The zero-order valence-electron chi connectivity index (χ0n) is 20.3. The van der Waals surface area contributed by atoms with Crippen LogP contribution in [0.25, 0.3) is 0 Å². The van der Waals surface area contributed by atoms with Gasteiger partial charge in [-0.1, -0.05) is 12.1 Å². The molecule has 12 nitrogen and oxygen atoms in total. The number of aliphatic hydroxyl groups excluding tert-OH is 2. The van der Waals surface area contributed by atoms with Gasteiger partial charge in [0.05, 0.1) is 19.8 Å². The maximum Gasteiger partial charge on any atom is 0.319 e. The monoisotopic (exact) mass is 506 g/mol.